The first kappa shape index (κ1) is 27.9. The summed E-state index contributed by atoms with van der Waals surface area (Å²) in [5.74, 6) is -4.02. The predicted octanol–water partition coefficient (Wildman–Crippen LogP) is 0.603. The Morgan fingerprint density at radius 2 is 1.95 bits per heavy atom. The van der Waals surface area contributed by atoms with Crippen LogP contribution in [-0.2, 0) is 30.5 Å². The van der Waals surface area contributed by atoms with E-state index < -0.39 is 46.9 Å². The summed E-state index contributed by atoms with van der Waals surface area (Å²) in [7, 11) is 0. The number of β-lactam (4-membered cyclic amide) rings is 1. The van der Waals surface area contributed by atoms with Crippen molar-refractivity contribution in [2.45, 2.75) is 58.2 Å². The second-order valence-corrected chi connectivity index (χ2v) is 10.1. The molecule has 3 heterocycles. The molecule has 1 aromatic carbocycles. The number of benzene rings is 1. The fourth-order valence-electron chi connectivity index (χ4n) is 5.34. The maximum Gasteiger partial charge on any atom is 0.302 e. The van der Waals surface area contributed by atoms with Crippen LogP contribution in [0.5, 0.6) is 0 Å². The van der Waals surface area contributed by atoms with Crippen LogP contribution in [-0.4, -0.2) is 85.5 Å². The fourth-order valence-corrected chi connectivity index (χ4v) is 5.34. The molecule has 2 saturated heterocycles. The van der Waals surface area contributed by atoms with Gasteiger partial charge in [-0.3, -0.25) is 24.0 Å². The average Bonchev–Trinajstić information content (AvgIpc) is 3.48. The van der Waals surface area contributed by atoms with E-state index in [4.69, 9.17) is 10.5 Å². The molecule has 2 fully saturated rings. The molecular weight excluding hydrogens is 511 g/mol. The van der Waals surface area contributed by atoms with Gasteiger partial charge in [-0.1, -0.05) is 23.4 Å². The van der Waals surface area contributed by atoms with Gasteiger partial charge in [0, 0.05) is 25.5 Å². The zero-order chi connectivity index (χ0) is 28.5. The van der Waals surface area contributed by atoms with Gasteiger partial charge in [-0.25, -0.2) is 9.07 Å². The van der Waals surface area contributed by atoms with Gasteiger partial charge in [0.1, 0.15) is 17.5 Å². The second-order valence-electron chi connectivity index (χ2n) is 10.1. The van der Waals surface area contributed by atoms with E-state index in [9.17, 15) is 28.4 Å². The van der Waals surface area contributed by atoms with Crippen molar-refractivity contribution >= 4 is 29.5 Å². The largest absolute Gasteiger partial charge is 0.462 e. The molecule has 4 rings (SSSR count). The summed E-state index contributed by atoms with van der Waals surface area (Å²) in [4.78, 5) is 65.3. The van der Waals surface area contributed by atoms with Crippen LogP contribution in [0.1, 0.15) is 54.9 Å². The molecule has 13 heteroatoms. The molecule has 12 nitrogen and oxygen atoms in total. The molecule has 0 bridgehead atoms. The zero-order valence-electron chi connectivity index (χ0n) is 22.1. The Labute approximate surface area is 224 Å². The highest BCUT2D eigenvalue weighted by Crippen LogP contribution is 2.40. The Balaban J connectivity index is 1.41. The molecule has 2 aliphatic rings. The molecule has 1 aromatic heterocycles. The van der Waals surface area contributed by atoms with Crippen molar-refractivity contribution in [3.8, 4) is 0 Å². The summed E-state index contributed by atoms with van der Waals surface area (Å²) in [6, 6.07) is 6.26. The molecule has 3 atom stereocenters. The molecule has 2 aromatic rings. The molecule has 2 aliphatic heterocycles. The lowest BCUT2D eigenvalue weighted by Gasteiger charge is -2.50. The minimum absolute atomic E-state index is 0.0821. The van der Waals surface area contributed by atoms with Crippen LogP contribution in [0.2, 0.25) is 0 Å². The number of rotatable bonds is 10. The fraction of sp³-hybridized carbons (Fsp3) is 0.500. The number of hydrogen-bond donors (Lipinski definition) is 1. The Morgan fingerprint density at radius 3 is 2.59 bits per heavy atom. The van der Waals surface area contributed by atoms with Gasteiger partial charge in [-0.15, -0.1) is 5.10 Å². The van der Waals surface area contributed by atoms with Gasteiger partial charge < -0.3 is 20.3 Å². The van der Waals surface area contributed by atoms with Crippen LogP contribution < -0.4 is 5.73 Å². The van der Waals surface area contributed by atoms with Crippen LogP contribution in [0, 0.1) is 18.7 Å². The summed E-state index contributed by atoms with van der Waals surface area (Å²) >= 11 is 0. The standard InChI is InChI=1S/C26H31FN6O6/c1-15-22(29-30-33(15)12-18-7-4-5-8-21(18)27)24(37)32-10-6-9-26(32)14-31(25(26)38)13-19(35)11-20(23(28)36)16(2)39-17(3)34/h4-5,7-8,16,20H,6,9-14H2,1-3H3,(H2,28,36)/t16-,20+,26?/m1/s1. The van der Waals surface area contributed by atoms with Gasteiger partial charge in [-0.05, 0) is 32.8 Å². The highest BCUT2D eigenvalue weighted by Gasteiger charge is 2.60. The minimum Gasteiger partial charge on any atom is -0.462 e. The number of nitrogens with two attached hydrogens (primary N) is 1. The number of amides is 3. The highest BCUT2D eigenvalue weighted by atomic mass is 19.1. The lowest BCUT2D eigenvalue weighted by molar-refractivity contribution is -0.161. The molecule has 208 valence electrons. The number of hydrogen-bond acceptors (Lipinski definition) is 8. The van der Waals surface area contributed by atoms with E-state index in [0.717, 1.165) is 0 Å². The topological polar surface area (TPSA) is 158 Å². The van der Waals surface area contributed by atoms with Gasteiger partial charge in [0.25, 0.3) is 11.8 Å². The number of likely N-dealkylation sites (tertiary alicyclic amines) is 2. The number of halogens is 1. The van der Waals surface area contributed by atoms with E-state index in [-0.39, 0.29) is 37.7 Å². The number of Topliss-reactive ketones (excluding diaryl/α,β-unsaturated/α-hetero) is 1. The van der Waals surface area contributed by atoms with E-state index in [1.165, 1.54) is 34.4 Å². The number of esters is 1. The van der Waals surface area contributed by atoms with Crippen molar-refractivity contribution in [1.82, 2.24) is 24.8 Å². The normalized spacial score (nSPS) is 20.1. The van der Waals surface area contributed by atoms with Crippen LogP contribution in [0.4, 0.5) is 4.39 Å². The Morgan fingerprint density at radius 1 is 1.23 bits per heavy atom. The lowest BCUT2D eigenvalue weighted by Crippen LogP contribution is -2.73. The van der Waals surface area contributed by atoms with E-state index in [1.54, 1.807) is 25.1 Å². The number of carbonyl (C=O) groups is 5. The summed E-state index contributed by atoms with van der Waals surface area (Å²) < 4.78 is 20.5. The highest BCUT2D eigenvalue weighted by molar-refractivity contribution is 6.03. The Kier molecular flexibility index (Phi) is 7.79. The Hall–Kier alpha value is -4.16. The van der Waals surface area contributed by atoms with Crippen LogP contribution >= 0.6 is 0 Å². The lowest BCUT2D eigenvalue weighted by atomic mass is 9.84. The molecule has 0 aliphatic carbocycles. The van der Waals surface area contributed by atoms with Crippen LogP contribution in [0.3, 0.4) is 0 Å². The molecule has 3 amide bonds. The first-order chi connectivity index (χ1) is 18.4. The molecule has 1 unspecified atom stereocenters. The first-order valence-electron chi connectivity index (χ1n) is 12.7. The van der Waals surface area contributed by atoms with Crippen LogP contribution in [0.25, 0.3) is 0 Å². The van der Waals surface area contributed by atoms with Gasteiger partial charge in [0.05, 0.1) is 31.2 Å². The van der Waals surface area contributed by atoms with E-state index in [1.807, 2.05) is 0 Å². The first-order valence-corrected chi connectivity index (χ1v) is 12.7. The van der Waals surface area contributed by atoms with E-state index in [2.05, 4.69) is 10.3 Å². The quantitative estimate of drug-likeness (QED) is 0.338. The van der Waals surface area contributed by atoms with Gasteiger partial charge in [0.2, 0.25) is 5.91 Å². The SMILES string of the molecule is CC(=O)O[C@H](C)[C@H](CC(=O)CN1CC2(CCCN2C(=O)c2nnn(Cc3ccccc3F)c2C)C1=O)C(N)=O. The van der Waals surface area contributed by atoms with Crippen molar-refractivity contribution in [1.29, 1.82) is 0 Å². The van der Waals surface area contributed by atoms with Crippen molar-refractivity contribution < 1.29 is 33.1 Å². The molecule has 0 saturated carbocycles. The predicted molar refractivity (Wildman–Crippen MR) is 133 cm³/mol. The summed E-state index contributed by atoms with van der Waals surface area (Å²) in [6.45, 7) is 4.68. The van der Waals surface area contributed by atoms with E-state index in [0.29, 0.717) is 30.6 Å². The molecule has 0 radical (unpaired) electrons. The average molecular weight is 543 g/mol. The maximum absolute atomic E-state index is 14.1. The third-order valence-electron chi connectivity index (χ3n) is 7.43. The monoisotopic (exact) mass is 542 g/mol. The summed E-state index contributed by atoms with van der Waals surface area (Å²) in [5, 5.41) is 8.06. The number of primary amides is 1. The third kappa shape index (κ3) is 5.38. The van der Waals surface area contributed by atoms with Crippen molar-refractivity contribution in [3.63, 3.8) is 0 Å². The zero-order valence-corrected chi connectivity index (χ0v) is 22.1. The summed E-state index contributed by atoms with van der Waals surface area (Å²) in [5.41, 5.74) is 5.25. The van der Waals surface area contributed by atoms with Crippen molar-refractivity contribution in [2.75, 3.05) is 19.6 Å². The van der Waals surface area contributed by atoms with Gasteiger partial charge >= 0.3 is 5.97 Å². The third-order valence-corrected chi connectivity index (χ3v) is 7.43. The van der Waals surface area contributed by atoms with Gasteiger partial charge in [-0.2, -0.15) is 0 Å². The summed E-state index contributed by atoms with van der Waals surface area (Å²) in [6.07, 6.45) is -0.128. The second kappa shape index (κ2) is 10.9. The number of ether oxygens (including phenoxy) is 1. The van der Waals surface area contributed by atoms with E-state index >= 15 is 0 Å². The molecule has 39 heavy (non-hydrogen) atoms. The number of nitrogens with zero attached hydrogens (tertiary/aromatic N) is 5. The Bertz CT molecular complexity index is 1330. The number of aromatic nitrogens is 3. The number of carbonyl (C=O) groups excluding carboxylic acids is 5. The van der Waals surface area contributed by atoms with Crippen LogP contribution in [0.15, 0.2) is 24.3 Å². The smallest absolute Gasteiger partial charge is 0.302 e. The minimum atomic E-state index is -1.08. The molecule has 1 spiro atoms. The van der Waals surface area contributed by atoms with Crippen molar-refractivity contribution in [2.24, 2.45) is 11.7 Å². The maximum atomic E-state index is 14.1. The van der Waals surface area contributed by atoms with Gasteiger partial charge in [0.15, 0.2) is 11.5 Å². The van der Waals surface area contributed by atoms with Crippen molar-refractivity contribution in [3.05, 3.63) is 47.0 Å². The molecular formula is C26H31FN6O6. The number of ketones is 1. The molecule has 2 N–H and O–H groups in total.